The smallest absolute Gasteiger partial charge is 0.230 e. The Hall–Kier alpha value is -3.26. The summed E-state index contributed by atoms with van der Waals surface area (Å²) in [6.45, 7) is 3.92. The van der Waals surface area contributed by atoms with E-state index in [0.717, 1.165) is 24.7 Å². The Morgan fingerprint density at radius 1 is 1.24 bits per heavy atom. The van der Waals surface area contributed by atoms with Gasteiger partial charge in [-0.25, -0.2) is 12.9 Å². The Balaban J connectivity index is 0.00000149. The first-order valence-corrected chi connectivity index (χ1v) is 13.0. The predicted octanol–water partition coefficient (Wildman–Crippen LogP) is 4.51. The quantitative estimate of drug-likeness (QED) is 0.480. The molecule has 3 aromatic rings. The van der Waals surface area contributed by atoms with Gasteiger partial charge >= 0.3 is 0 Å². The number of nitriles is 1. The molecule has 1 aliphatic carbocycles. The van der Waals surface area contributed by atoms with Crippen LogP contribution in [-0.2, 0) is 16.6 Å². The second kappa shape index (κ2) is 10.6. The summed E-state index contributed by atoms with van der Waals surface area (Å²) in [5, 5.41) is 21.2. The number of hydrogen-bond donors (Lipinski definition) is 1. The minimum atomic E-state index is -3.49. The Labute approximate surface area is 193 Å². The molecule has 0 aromatic carbocycles. The first kappa shape index (κ1) is 24.4. The van der Waals surface area contributed by atoms with Crippen LogP contribution in [0.4, 0.5) is 5.82 Å². The zero-order chi connectivity index (χ0) is 24.0. The van der Waals surface area contributed by atoms with Crippen molar-refractivity contribution in [2.45, 2.75) is 58.5 Å². The van der Waals surface area contributed by atoms with Crippen LogP contribution in [0, 0.1) is 22.2 Å². The fourth-order valence-electron chi connectivity index (χ4n) is 4.45. The van der Waals surface area contributed by atoms with E-state index in [1.807, 2.05) is 24.7 Å². The molecule has 1 atom stereocenters. The summed E-state index contributed by atoms with van der Waals surface area (Å²) < 4.78 is 29.1. The topological polar surface area (TPSA) is 135 Å². The molecule has 0 bridgehead atoms. The van der Waals surface area contributed by atoms with Gasteiger partial charge in [-0.3, -0.25) is 9.40 Å². The van der Waals surface area contributed by atoms with E-state index in [-0.39, 0.29) is 12.6 Å². The lowest BCUT2D eigenvalue weighted by Gasteiger charge is -2.21. The van der Waals surface area contributed by atoms with Crippen LogP contribution in [0.15, 0.2) is 35.9 Å². The number of anilines is 1. The highest BCUT2D eigenvalue weighted by molar-refractivity contribution is 7.92. The van der Waals surface area contributed by atoms with Crippen molar-refractivity contribution in [3.63, 3.8) is 0 Å². The molecule has 4 rings (SSSR count). The van der Waals surface area contributed by atoms with Crippen LogP contribution < -0.4 is 4.72 Å². The largest absolute Gasteiger partial charge is 0.268 e. The Bertz CT molecular complexity index is 1250. The standard InChI is InChI=1S/C20H23N7O3S.C2H6/c1-31(29,30)25-19-7-6-18-20(15(12-24-28)10-23-27(18)19)16-11-22-26(13-16)17(8-9-21)14-4-2-3-5-14;1-2/h6-7,10-11,13-14,17,25H,2-5,8,12H2,1H3;1-2H3. The van der Waals surface area contributed by atoms with Crippen LogP contribution in [-0.4, -0.2) is 34.1 Å². The van der Waals surface area contributed by atoms with Crippen molar-refractivity contribution in [3.8, 4) is 17.2 Å². The van der Waals surface area contributed by atoms with E-state index in [4.69, 9.17) is 0 Å². The third kappa shape index (κ3) is 5.39. The Morgan fingerprint density at radius 2 is 1.97 bits per heavy atom. The molecular weight excluding hydrogens is 442 g/mol. The van der Waals surface area contributed by atoms with E-state index in [2.05, 4.69) is 26.2 Å². The van der Waals surface area contributed by atoms with E-state index < -0.39 is 10.0 Å². The van der Waals surface area contributed by atoms with Crippen LogP contribution in [0.2, 0.25) is 0 Å². The van der Waals surface area contributed by atoms with Gasteiger partial charge in [0.15, 0.2) is 0 Å². The Kier molecular flexibility index (Phi) is 7.81. The fraction of sp³-hybridized carbons (Fsp3) is 0.500. The number of hydrogen-bond acceptors (Lipinski definition) is 7. The SMILES string of the molecule is CC.CS(=O)(=O)Nc1ccc2c(-c3cnn(C(CC#N)C4CCCC4)c3)c(CN=O)cnn12. The first-order chi connectivity index (χ1) is 15.9. The minimum Gasteiger partial charge on any atom is -0.268 e. The van der Waals surface area contributed by atoms with Crippen LogP contribution >= 0.6 is 0 Å². The van der Waals surface area contributed by atoms with Crippen molar-refractivity contribution < 1.29 is 8.42 Å². The molecule has 10 nitrogen and oxygen atoms in total. The van der Waals surface area contributed by atoms with Crippen LogP contribution in [0.1, 0.15) is 57.6 Å². The lowest BCUT2D eigenvalue weighted by Crippen LogP contribution is -2.17. The van der Waals surface area contributed by atoms with E-state index in [1.54, 1.807) is 18.3 Å². The molecule has 0 saturated heterocycles. The third-order valence-corrected chi connectivity index (χ3v) is 6.34. The number of sulfonamides is 1. The molecule has 1 N–H and O–H groups in total. The third-order valence-electron chi connectivity index (χ3n) is 5.76. The molecule has 0 spiro atoms. The Morgan fingerprint density at radius 3 is 2.61 bits per heavy atom. The van der Waals surface area contributed by atoms with Gasteiger partial charge in [0.2, 0.25) is 10.0 Å². The van der Waals surface area contributed by atoms with E-state index >= 15 is 0 Å². The van der Waals surface area contributed by atoms with Gasteiger partial charge in [0.25, 0.3) is 0 Å². The van der Waals surface area contributed by atoms with Crippen LogP contribution in [0.5, 0.6) is 0 Å². The highest BCUT2D eigenvalue weighted by atomic mass is 32.2. The maximum atomic E-state index is 11.7. The summed E-state index contributed by atoms with van der Waals surface area (Å²) in [5.41, 5.74) is 2.72. The first-order valence-electron chi connectivity index (χ1n) is 11.1. The molecule has 1 unspecified atom stereocenters. The fourth-order valence-corrected chi connectivity index (χ4v) is 4.98. The zero-order valence-electron chi connectivity index (χ0n) is 19.1. The van der Waals surface area contributed by atoms with Gasteiger partial charge < -0.3 is 0 Å². The molecule has 1 fully saturated rings. The molecule has 0 radical (unpaired) electrons. The van der Waals surface area contributed by atoms with Crippen LogP contribution in [0.3, 0.4) is 0 Å². The summed E-state index contributed by atoms with van der Waals surface area (Å²) in [4.78, 5) is 11.0. The number of nitrogens with zero attached hydrogens (tertiary/aromatic N) is 6. The molecule has 3 aromatic heterocycles. The molecule has 0 amide bonds. The van der Waals surface area contributed by atoms with Gasteiger partial charge in [-0.15, -0.1) is 0 Å². The van der Waals surface area contributed by atoms with Crippen molar-refractivity contribution in [1.29, 1.82) is 5.26 Å². The summed E-state index contributed by atoms with van der Waals surface area (Å²) in [5.74, 6) is 0.713. The highest BCUT2D eigenvalue weighted by Crippen LogP contribution is 2.37. The average molecular weight is 472 g/mol. The zero-order valence-corrected chi connectivity index (χ0v) is 19.9. The summed E-state index contributed by atoms with van der Waals surface area (Å²) in [7, 11) is -3.49. The maximum Gasteiger partial charge on any atom is 0.230 e. The molecular formula is C22H29N7O3S. The monoisotopic (exact) mass is 471 g/mol. The summed E-state index contributed by atoms with van der Waals surface area (Å²) >= 11 is 0. The molecule has 1 saturated carbocycles. The van der Waals surface area contributed by atoms with Crippen molar-refractivity contribution in [2.24, 2.45) is 11.1 Å². The van der Waals surface area contributed by atoms with Gasteiger partial charge in [-0.1, -0.05) is 31.9 Å². The van der Waals surface area contributed by atoms with Crippen molar-refractivity contribution in [2.75, 3.05) is 11.0 Å². The van der Waals surface area contributed by atoms with Gasteiger partial charge in [-0.05, 0) is 30.9 Å². The summed E-state index contributed by atoms with van der Waals surface area (Å²) in [6, 6.07) is 5.64. The normalized spacial score (nSPS) is 15.0. The average Bonchev–Trinajstić information content (AvgIpc) is 3.55. The van der Waals surface area contributed by atoms with Gasteiger partial charge in [0.1, 0.15) is 12.4 Å². The van der Waals surface area contributed by atoms with E-state index in [0.29, 0.717) is 34.8 Å². The predicted molar refractivity (Wildman–Crippen MR) is 127 cm³/mol. The number of rotatable bonds is 8. The van der Waals surface area contributed by atoms with Crippen molar-refractivity contribution in [3.05, 3.63) is 41.2 Å². The van der Waals surface area contributed by atoms with Gasteiger partial charge in [-0.2, -0.15) is 20.4 Å². The van der Waals surface area contributed by atoms with Gasteiger partial charge in [0.05, 0.1) is 42.7 Å². The molecule has 176 valence electrons. The second-order valence-corrected chi connectivity index (χ2v) is 9.65. The van der Waals surface area contributed by atoms with E-state index in [1.165, 1.54) is 23.6 Å². The lowest BCUT2D eigenvalue weighted by atomic mass is 9.96. The number of nitroso groups, excluding NO2 is 1. The highest BCUT2D eigenvalue weighted by Gasteiger charge is 2.27. The molecule has 1 aliphatic rings. The van der Waals surface area contributed by atoms with E-state index in [9.17, 15) is 18.6 Å². The number of fused-ring (bicyclic) bond motifs is 1. The molecule has 0 aliphatic heterocycles. The molecule has 3 heterocycles. The van der Waals surface area contributed by atoms with Crippen molar-refractivity contribution >= 4 is 21.4 Å². The maximum absolute atomic E-state index is 11.7. The second-order valence-electron chi connectivity index (χ2n) is 7.91. The number of nitrogens with one attached hydrogen (secondary N) is 1. The van der Waals surface area contributed by atoms with Crippen molar-refractivity contribution in [1.82, 2.24) is 19.4 Å². The van der Waals surface area contributed by atoms with Crippen LogP contribution in [0.25, 0.3) is 16.6 Å². The molecule has 33 heavy (non-hydrogen) atoms. The molecule has 11 heteroatoms. The minimum absolute atomic E-state index is 0.000927. The number of aromatic nitrogens is 4. The van der Waals surface area contributed by atoms with Gasteiger partial charge in [0, 0.05) is 22.9 Å². The summed E-state index contributed by atoms with van der Waals surface area (Å²) in [6.07, 6.45) is 11.1. The lowest BCUT2D eigenvalue weighted by molar-refractivity contribution is 0.315.